The zero-order valence-corrected chi connectivity index (χ0v) is 6.62. The minimum absolute atomic E-state index is 0.799. The molecule has 1 aromatic heterocycles. The molecule has 0 aliphatic heterocycles. The van der Waals surface area contributed by atoms with Crippen LogP contribution in [0.25, 0.3) is 0 Å². The van der Waals surface area contributed by atoms with Gasteiger partial charge in [0.05, 0.1) is 6.20 Å². The molecule has 1 aromatic rings. The summed E-state index contributed by atoms with van der Waals surface area (Å²) in [6, 6.07) is 1.81. The summed E-state index contributed by atoms with van der Waals surface area (Å²) in [6.07, 6.45) is 3.97. The molecule has 1 N–H and O–H groups in total. The average Bonchev–Trinajstić information content (AvgIpc) is 2.07. The molecule has 60 valence electrons. The summed E-state index contributed by atoms with van der Waals surface area (Å²) < 4.78 is 0. The van der Waals surface area contributed by atoms with Crippen molar-refractivity contribution >= 4 is 5.82 Å². The molecule has 0 aromatic carbocycles. The van der Waals surface area contributed by atoms with Crippen molar-refractivity contribution in [2.75, 3.05) is 11.9 Å². The highest BCUT2D eigenvalue weighted by Crippen LogP contribution is 1.96. The van der Waals surface area contributed by atoms with Gasteiger partial charge in [-0.3, -0.25) is 0 Å². The first-order valence-corrected chi connectivity index (χ1v) is 3.81. The molecule has 0 saturated heterocycles. The first kappa shape index (κ1) is 7.91. The van der Waals surface area contributed by atoms with Crippen LogP contribution in [0.1, 0.15) is 19.8 Å². The van der Waals surface area contributed by atoms with E-state index in [1.807, 2.05) is 6.07 Å². The number of unbranched alkanes of at least 4 members (excludes halogenated alkanes) is 1. The molecule has 0 radical (unpaired) electrons. The van der Waals surface area contributed by atoms with Crippen LogP contribution in [0.5, 0.6) is 0 Å². The van der Waals surface area contributed by atoms with Crippen LogP contribution in [0.4, 0.5) is 5.82 Å². The molecular formula is C7H12N4. The second-order valence-electron chi connectivity index (χ2n) is 2.29. The summed E-state index contributed by atoms with van der Waals surface area (Å²) >= 11 is 0. The Morgan fingerprint density at radius 3 is 3.09 bits per heavy atom. The van der Waals surface area contributed by atoms with E-state index in [0.29, 0.717) is 0 Å². The first-order valence-electron chi connectivity index (χ1n) is 3.81. The van der Waals surface area contributed by atoms with Gasteiger partial charge in [0.25, 0.3) is 0 Å². The summed E-state index contributed by atoms with van der Waals surface area (Å²) in [6.45, 7) is 3.11. The Labute approximate surface area is 66.0 Å². The van der Waals surface area contributed by atoms with Crippen molar-refractivity contribution in [1.82, 2.24) is 15.4 Å². The molecule has 0 spiro atoms. The van der Waals surface area contributed by atoms with Crippen molar-refractivity contribution in [3.8, 4) is 0 Å². The topological polar surface area (TPSA) is 50.7 Å². The summed E-state index contributed by atoms with van der Waals surface area (Å²) in [4.78, 5) is 0. The number of aromatic nitrogens is 3. The van der Waals surface area contributed by atoms with E-state index >= 15 is 0 Å². The Hall–Kier alpha value is -1.19. The van der Waals surface area contributed by atoms with Crippen LogP contribution in [0.15, 0.2) is 12.3 Å². The lowest BCUT2D eigenvalue weighted by Crippen LogP contribution is -2.03. The smallest absolute Gasteiger partial charge is 0.152 e. The lowest BCUT2D eigenvalue weighted by Gasteiger charge is -2.00. The average molecular weight is 152 g/mol. The van der Waals surface area contributed by atoms with E-state index < -0.39 is 0 Å². The number of rotatable bonds is 4. The molecule has 0 amide bonds. The van der Waals surface area contributed by atoms with Gasteiger partial charge in [0.2, 0.25) is 0 Å². The molecular weight excluding hydrogens is 140 g/mol. The van der Waals surface area contributed by atoms with E-state index in [2.05, 4.69) is 27.7 Å². The zero-order valence-electron chi connectivity index (χ0n) is 6.62. The van der Waals surface area contributed by atoms with Crippen molar-refractivity contribution in [2.45, 2.75) is 19.8 Å². The Balaban J connectivity index is 2.28. The highest BCUT2D eigenvalue weighted by Gasteiger charge is 1.89. The van der Waals surface area contributed by atoms with Gasteiger partial charge in [0, 0.05) is 12.6 Å². The highest BCUT2D eigenvalue weighted by molar-refractivity contribution is 5.29. The van der Waals surface area contributed by atoms with Gasteiger partial charge in [0.15, 0.2) is 5.82 Å². The van der Waals surface area contributed by atoms with Crippen LogP contribution >= 0.6 is 0 Å². The number of nitrogens with one attached hydrogen (secondary N) is 1. The minimum Gasteiger partial charge on any atom is -0.368 e. The fraction of sp³-hybridized carbons (Fsp3) is 0.571. The third-order valence-electron chi connectivity index (χ3n) is 1.34. The van der Waals surface area contributed by atoms with Crippen LogP contribution in [0.2, 0.25) is 0 Å². The molecule has 0 atom stereocenters. The minimum atomic E-state index is 0.799. The molecule has 0 aliphatic rings. The summed E-state index contributed by atoms with van der Waals surface area (Å²) in [5, 5.41) is 14.0. The fourth-order valence-electron chi connectivity index (χ4n) is 0.729. The van der Waals surface area contributed by atoms with Crippen LogP contribution in [0.3, 0.4) is 0 Å². The molecule has 0 saturated carbocycles. The van der Waals surface area contributed by atoms with E-state index in [1.54, 1.807) is 6.20 Å². The number of hydrogen-bond acceptors (Lipinski definition) is 4. The van der Waals surface area contributed by atoms with Gasteiger partial charge in [0.1, 0.15) is 0 Å². The van der Waals surface area contributed by atoms with Crippen molar-refractivity contribution in [2.24, 2.45) is 0 Å². The van der Waals surface area contributed by atoms with Gasteiger partial charge in [-0.1, -0.05) is 13.3 Å². The molecule has 0 fully saturated rings. The summed E-state index contributed by atoms with van der Waals surface area (Å²) in [7, 11) is 0. The Morgan fingerprint density at radius 2 is 2.45 bits per heavy atom. The van der Waals surface area contributed by atoms with Crippen LogP contribution in [0, 0.1) is 0 Å². The molecule has 1 rings (SSSR count). The third kappa shape index (κ3) is 2.93. The maximum absolute atomic E-state index is 3.78. The zero-order chi connectivity index (χ0) is 7.94. The first-order chi connectivity index (χ1) is 5.43. The van der Waals surface area contributed by atoms with Crippen LogP contribution in [-0.2, 0) is 0 Å². The second-order valence-corrected chi connectivity index (χ2v) is 2.29. The van der Waals surface area contributed by atoms with Gasteiger partial charge in [-0.25, -0.2) is 0 Å². The molecule has 11 heavy (non-hydrogen) atoms. The number of nitrogens with zero attached hydrogens (tertiary/aromatic N) is 3. The summed E-state index contributed by atoms with van der Waals surface area (Å²) in [5.41, 5.74) is 0. The molecule has 0 aliphatic carbocycles. The quantitative estimate of drug-likeness (QED) is 0.656. The van der Waals surface area contributed by atoms with Gasteiger partial charge in [-0.05, 0) is 11.6 Å². The van der Waals surface area contributed by atoms with Gasteiger partial charge < -0.3 is 5.32 Å². The van der Waals surface area contributed by atoms with Gasteiger partial charge in [-0.2, -0.15) is 0 Å². The van der Waals surface area contributed by atoms with Gasteiger partial charge >= 0.3 is 0 Å². The predicted molar refractivity (Wildman–Crippen MR) is 43.2 cm³/mol. The lowest BCUT2D eigenvalue weighted by atomic mass is 10.3. The molecule has 0 bridgehead atoms. The van der Waals surface area contributed by atoms with E-state index in [9.17, 15) is 0 Å². The van der Waals surface area contributed by atoms with Crippen molar-refractivity contribution < 1.29 is 0 Å². The molecule has 1 heterocycles. The van der Waals surface area contributed by atoms with Crippen molar-refractivity contribution in [3.63, 3.8) is 0 Å². The SMILES string of the molecule is CCCCNc1ccnnn1. The maximum atomic E-state index is 3.78. The molecule has 4 heteroatoms. The fourth-order valence-corrected chi connectivity index (χ4v) is 0.729. The van der Waals surface area contributed by atoms with E-state index in [0.717, 1.165) is 18.8 Å². The van der Waals surface area contributed by atoms with Gasteiger partial charge in [-0.15, -0.1) is 10.2 Å². The third-order valence-corrected chi connectivity index (χ3v) is 1.34. The standard InChI is InChI=1S/C7H12N4/c1-2-3-5-8-7-4-6-9-11-10-7/h4,6H,2-3,5H2,1H3,(H,8,9,10). The van der Waals surface area contributed by atoms with Crippen LogP contribution in [-0.4, -0.2) is 22.0 Å². The maximum Gasteiger partial charge on any atom is 0.152 e. The van der Waals surface area contributed by atoms with Crippen molar-refractivity contribution in [3.05, 3.63) is 12.3 Å². The number of anilines is 1. The Morgan fingerprint density at radius 1 is 1.55 bits per heavy atom. The van der Waals surface area contributed by atoms with Crippen molar-refractivity contribution in [1.29, 1.82) is 0 Å². The Bertz CT molecular complexity index is 187. The highest BCUT2D eigenvalue weighted by atomic mass is 15.3. The lowest BCUT2D eigenvalue weighted by molar-refractivity contribution is 0.813. The van der Waals surface area contributed by atoms with E-state index in [1.165, 1.54) is 6.42 Å². The van der Waals surface area contributed by atoms with E-state index in [4.69, 9.17) is 0 Å². The molecule has 0 unspecified atom stereocenters. The molecule has 4 nitrogen and oxygen atoms in total. The summed E-state index contributed by atoms with van der Waals surface area (Å²) in [5.74, 6) is 0.799. The van der Waals surface area contributed by atoms with E-state index in [-0.39, 0.29) is 0 Å². The largest absolute Gasteiger partial charge is 0.368 e. The van der Waals surface area contributed by atoms with Crippen LogP contribution < -0.4 is 5.32 Å². The second kappa shape index (κ2) is 4.60. The predicted octanol–water partition coefficient (Wildman–Crippen LogP) is 1.08. The Kier molecular flexibility index (Phi) is 3.31. The monoisotopic (exact) mass is 152 g/mol. The normalized spacial score (nSPS) is 9.55. The number of hydrogen-bond donors (Lipinski definition) is 1.